The summed E-state index contributed by atoms with van der Waals surface area (Å²) in [5.41, 5.74) is 0. The predicted octanol–water partition coefficient (Wildman–Crippen LogP) is 1.83. The second-order valence-electron chi connectivity index (χ2n) is 3.05. The third kappa shape index (κ3) is 2.80. The molecule has 68 valence electrons. The van der Waals surface area contributed by atoms with Gasteiger partial charge in [-0.25, -0.2) is 0 Å². The average molecular weight is 169 g/mol. The third-order valence-electron chi connectivity index (χ3n) is 2.15. The molecule has 1 fully saturated rings. The van der Waals surface area contributed by atoms with Crippen LogP contribution in [-0.2, 0) is 9.47 Å². The van der Waals surface area contributed by atoms with Crippen molar-refractivity contribution in [1.29, 1.82) is 5.26 Å². The fourth-order valence-electron chi connectivity index (χ4n) is 1.47. The third-order valence-corrected chi connectivity index (χ3v) is 2.15. The number of rotatable bonds is 3. The Morgan fingerprint density at radius 1 is 1.58 bits per heavy atom. The van der Waals surface area contributed by atoms with Crippen molar-refractivity contribution in [1.82, 2.24) is 0 Å². The first kappa shape index (κ1) is 9.50. The Balaban J connectivity index is 2.22. The van der Waals surface area contributed by atoms with Crippen LogP contribution in [0.4, 0.5) is 0 Å². The van der Waals surface area contributed by atoms with Crippen molar-refractivity contribution in [3.8, 4) is 6.07 Å². The molecule has 0 radical (unpaired) electrons. The summed E-state index contributed by atoms with van der Waals surface area (Å²) in [5.74, 6) is 0. The zero-order chi connectivity index (χ0) is 8.81. The zero-order valence-corrected chi connectivity index (χ0v) is 7.45. The highest BCUT2D eigenvalue weighted by Crippen LogP contribution is 2.22. The van der Waals surface area contributed by atoms with Crippen LogP contribution in [0.5, 0.6) is 0 Å². The highest BCUT2D eigenvalue weighted by atomic mass is 16.7. The summed E-state index contributed by atoms with van der Waals surface area (Å²) in [4.78, 5) is 0. The lowest BCUT2D eigenvalue weighted by molar-refractivity contribution is -0.180. The molecular formula is C9H15NO2. The summed E-state index contributed by atoms with van der Waals surface area (Å²) in [6.07, 6.45) is 4.83. The lowest BCUT2D eigenvalue weighted by atomic mass is 10.0. The summed E-state index contributed by atoms with van der Waals surface area (Å²) >= 11 is 0. The number of hydrogen-bond donors (Lipinski definition) is 0. The van der Waals surface area contributed by atoms with Gasteiger partial charge in [-0.2, -0.15) is 5.26 Å². The Morgan fingerprint density at radius 2 is 2.42 bits per heavy atom. The topological polar surface area (TPSA) is 42.2 Å². The first-order chi connectivity index (χ1) is 5.86. The van der Waals surface area contributed by atoms with Crippen LogP contribution in [-0.4, -0.2) is 19.5 Å². The Labute approximate surface area is 73.3 Å². The monoisotopic (exact) mass is 169 g/mol. The molecule has 2 atom stereocenters. The number of nitriles is 1. The summed E-state index contributed by atoms with van der Waals surface area (Å²) in [7, 11) is 1.66. The van der Waals surface area contributed by atoms with Gasteiger partial charge < -0.3 is 9.47 Å². The number of nitrogens with zero attached hydrogens (tertiary/aromatic N) is 1. The molecule has 1 aliphatic heterocycles. The zero-order valence-electron chi connectivity index (χ0n) is 7.45. The molecule has 1 heterocycles. The minimum atomic E-state index is -0.0394. The SMILES string of the molecule is COC1CCCC(CCC#N)O1. The largest absolute Gasteiger partial charge is 0.356 e. The molecule has 1 saturated heterocycles. The minimum absolute atomic E-state index is 0.0394. The van der Waals surface area contributed by atoms with E-state index in [9.17, 15) is 0 Å². The van der Waals surface area contributed by atoms with Crippen molar-refractivity contribution in [2.24, 2.45) is 0 Å². The van der Waals surface area contributed by atoms with Gasteiger partial charge >= 0.3 is 0 Å². The molecule has 0 N–H and O–H groups in total. The van der Waals surface area contributed by atoms with Crippen molar-refractivity contribution >= 4 is 0 Å². The van der Waals surface area contributed by atoms with Crippen LogP contribution in [0.2, 0.25) is 0 Å². The van der Waals surface area contributed by atoms with E-state index in [-0.39, 0.29) is 12.4 Å². The van der Waals surface area contributed by atoms with Crippen LogP contribution in [0.1, 0.15) is 32.1 Å². The van der Waals surface area contributed by atoms with E-state index in [4.69, 9.17) is 14.7 Å². The Kier molecular flexibility index (Phi) is 4.06. The molecule has 3 nitrogen and oxygen atoms in total. The molecule has 0 aromatic heterocycles. The van der Waals surface area contributed by atoms with E-state index >= 15 is 0 Å². The first-order valence-corrected chi connectivity index (χ1v) is 4.42. The lowest BCUT2D eigenvalue weighted by Gasteiger charge is -2.28. The minimum Gasteiger partial charge on any atom is -0.356 e. The molecule has 0 bridgehead atoms. The van der Waals surface area contributed by atoms with Crippen molar-refractivity contribution in [2.45, 2.75) is 44.5 Å². The predicted molar refractivity (Wildman–Crippen MR) is 44.4 cm³/mol. The van der Waals surface area contributed by atoms with Crippen molar-refractivity contribution < 1.29 is 9.47 Å². The van der Waals surface area contributed by atoms with E-state index in [0.717, 1.165) is 25.7 Å². The molecule has 3 heteroatoms. The molecule has 0 spiro atoms. The van der Waals surface area contributed by atoms with Crippen LogP contribution in [0, 0.1) is 11.3 Å². The Bertz CT molecular complexity index is 164. The maximum Gasteiger partial charge on any atom is 0.157 e. The van der Waals surface area contributed by atoms with E-state index in [1.54, 1.807) is 7.11 Å². The highest BCUT2D eigenvalue weighted by molar-refractivity contribution is 4.74. The smallest absolute Gasteiger partial charge is 0.157 e. The van der Waals surface area contributed by atoms with Crippen molar-refractivity contribution in [3.05, 3.63) is 0 Å². The van der Waals surface area contributed by atoms with Crippen LogP contribution in [0.15, 0.2) is 0 Å². The number of ether oxygens (including phenoxy) is 2. The van der Waals surface area contributed by atoms with Gasteiger partial charge in [-0.15, -0.1) is 0 Å². The van der Waals surface area contributed by atoms with Crippen LogP contribution in [0.3, 0.4) is 0 Å². The van der Waals surface area contributed by atoms with Gasteiger partial charge in [0.05, 0.1) is 12.2 Å². The Hall–Kier alpha value is -0.590. The molecule has 0 aromatic rings. The van der Waals surface area contributed by atoms with Gasteiger partial charge in [-0.1, -0.05) is 0 Å². The van der Waals surface area contributed by atoms with Gasteiger partial charge in [-0.05, 0) is 25.7 Å². The quantitative estimate of drug-likeness (QED) is 0.647. The molecule has 1 aliphatic rings. The normalized spacial score (nSPS) is 29.7. The summed E-state index contributed by atoms with van der Waals surface area (Å²) < 4.78 is 10.7. The fraction of sp³-hybridized carbons (Fsp3) is 0.889. The fourth-order valence-corrected chi connectivity index (χ4v) is 1.47. The van der Waals surface area contributed by atoms with Gasteiger partial charge in [0, 0.05) is 13.5 Å². The van der Waals surface area contributed by atoms with Crippen LogP contribution in [0.25, 0.3) is 0 Å². The summed E-state index contributed by atoms with van der Waals surface area (Å²) in [5, 5.41) is 8.38. The molecule has 0 aliphatic carbocycles. The van der Waals surface area contributed by atoms with Gasteiger partial charge in [0.15, 0.2) is 6.29 Å². The molecular weight excluding hydrogens is 154 g/mol. The van der Waals surface area contributed by atoms with Crippen molar-refractivity contribution in [2.75, 3.05) is 7.11 Å². The van der Waals surface area contributed by atoms with E-state index in [1.165, 1.54) is 0 Å². The maximum absolute atomic E-state index is 8.38. The molecule has 2 unspecified atom stereocenters. The molecule has 0 amide bonds. The van der Waals surface area contributed by atoms with Gasteiger partial charge in [0.2, 0.25) is 0 Å². The number of hydrogen-bond acceptors (Lipinski definition) is 3. The average Bonchev–Trinajstić information content (AvgIpc) is 2.15. The van der Waals surface area contributed by atoms with Crippen molar-refractivity contribution in [3.63, 3.8) is 0 Å². The summed E-state index contributed by atoms with van der Waals surface area (Å²) in [6.45, 7) is 0. The second kappa shape index (κ2) is 5.13. The highest BCUT2D eigenvalue weighted by Gasteiger charge is 2.21. The molecule has 1 rings (SSSR count). The summed E-state index contributed by atoms with van der Waals surface area (Å²) in [6, 6.07) is 2.13. The number of methoxy groups -OCH3 is 1. The molecule has 12 heavy (non-hydrogen) atoms. The first-order valence-electron chi connectivity index (χ1n) is 4.42. The van der Waals surface area contributed by atoms with Gasteiger partial charge in [0.1, 0.15) is 0 Å². The van der Waals surface area contributed by atoms with E-state index in [2.05, 4.69) is 6.07 Å². The Morgan fingerprint density at radius 3 is 3.08 bits per heavy atom. The van der Waals surface area contributed by atoms with Crippen LogP contribution >= 0.6 is 0 Å². The van der Waals surface area contributed by atoms with E-state index in [0.29, 0.717) is 6.42 Å². The lowest BCUT2D eigenvalue weighted by Crippen LogP contribution is -2.28. The van der Waals surface area contributed by atoms with E-state index in [1.807, 2.05) is 0 Å². The standard InChI is InChI=1S/C9H15NO2/c1-11-9-6-2-4-8(12-9)5-3-7-10/h8-9H,2-6H2,1H3. The van der Waals surface area contributed by atoms with E-state index < -0.39 is 0 Å². The maximum atomic E-state index is 8.38. The van der Waals surface area contributed by atoms with Crippen LogP contribution < -0.4 is 0 Å². The second-order valence-corrected chi connectivity index (χ2v) is 3.05. The molecule has 0 saturated carbocycles. The van der Waals surface area contributed by atoms with Gasteiger partial charge in [0.25, 0.3) is 0 Å². The molecule has 0 aromatic carbocycles. The van der Waals surface area contributed by atoms with Gasteiger partial charge in [-0.3, -0.25) is 0 Å².